The summed E-state index contributed by atoms with van der Waals surface area (Å²) in [6, 6.07) is 7.55. The minimum atomic E-state index is -0.405. The number of hydrogen-bond donors (Lipinski definition) is 2. The first-order valence-electron chi connectivity index (χ1n) is 6.44. The highest BCUT2D eigenvalue weighted by molar-refractivity contribution is 8.00. The summed E-state index contributed by atoms with van der Waals surface area (Å²) in [5, 5.41) is 10.4. The molecule has 2 aromatic rings. The van der Waals surface area contributed by atoms with E-state index in [4.69, 9.17) is 0 Å². The second kappa shape index (κ2) is 6.53. The summed E-state index contributed by atoms with van der Waals surface area (Å²) in [7, 11) is 0. The fourth-order valence-corrected chi connectivity index (χ4v) is 2.34. The second-order valence-electron chi connectivity index (χ2n) is 4.61. The molecule has 0 bridgehead atoms. The summed E-state index contributed by atoms with van der Waals surface area (Å²) < 4.78 is 0. The zero-order valence-electron chi connectivity index (χ0n) is 12.0. The number of carbonyl (C=O) groups is 1. The summed E-state index contributed by atoms with van der Waals surface area (Å²) in [4.78, 5) is 26.2. The maximum absolute atomic E-state index is 12.1. The molecule has 1 unspecified atom stereocenters. The number of aromatic nitrogens is 3. The minimum absolute atomic E-state index is 0.155. The number of anilines is 1. The van der Waals surface area contributed by atoms with E-state index in [1.54, 1.807) is 13.8 Å². The Hall–Kier alpha value is -2.15. The molecule has 0 saturated carbocycles. The molecule has 1 amide bonds. The normalized spacial score (nSPS) is 12.0. The van der Waals surface area contributed by atoms with Crippen molar-refractivity contribution in [3.63, 3.8) is 0 Å². The van der Waals surface area contributed by atoms with Crippen LogP contribution >= 0.6 is 11.8 Å². The fraction of sp³-hybridized carbons (Fsp3) is 0.286. The van der Waals surface area contributed by atoms with Crippen molar-refractivity contribution in [3.05, 3.63) is 45.9 Å². The van der Waals surface area contributed by atoms with Gasteiger partial charge in [0.15, 0.2) is 5.16 Å². The summed E-state index contributed by atoms with van der Waals surface area (Å²) in [6.07, 6.45) is 0. The summed E-state index contributed by atoms with van der Waals surface area (Å²) in [5.41, 5.74) is 1.78. The lowest BCUT2D eigenvalue weighted by atomic mass is 10.2. The molecule has 2 rings (SSSR count). The molecule has 0 radical (unpaired) electrons. The zero-order chi connectivity index (χ0) is 15.4. The number of para-hydroxylation sites is 1. The third-order valence-electron chi connectivity index (χ3n) is 2.90. The lowest BCUT2D eigenvalue weighted by molar-refractivity contribution is -0.115. The van der Waals surface area contributed by atoms with E-state index >= 15 is 0 Å². The maximum Gasteiger partial charge on any atom is 0.273 e. The average molecular weight is 304 g/mol. The summed E-state index contributed by atoms with van der Waals surface area (Å²) in [5.74, 6) is -0.155. The van der Waals surface area contributed by atoms with E-state index in [1.807, 2.05) is 31.2 Å². The highest BCUT2D eigenvalue weighted by Crippen LogP contribution is 2.20. The number of benzene rings is 1. The lowest BCUT2D eigenvalue weighted by Crippen LogP contribution is -2.24. The first-order chi connectivity index (χ1) is 9.97. The highest BCUT2D eigenvalue weighted by Gasteiger charge is 2.17. The summed E-state index contributed by atoms with van der Waals surface area (Å²) >= 11 is 1.16. The van der Waals surface area contributed by atoms with Gasteiger partial charge in [-0.2, -0.15) is 0 Å². The van der Waals surface area contributed by atoms with Crippen LogP contribution < -0.4 is 10.9 Å². The standard InChI is InChI=1S/C14H16N4O2S/c1-8-6-4-5-7-11(8)15-13(20)10(3)21-14-16-12(19)9(2)17-18-14/h4-7,10H,1-3H3,(H,15,20)(H,16,18,19). The molecule has 0 aliphatic carbocycles. The Morgan fingerprint density at radius 3 is 2.67 bits per heavy atom. The molecular formula is C14H16N4O2S. The van der Waals surface area contributed by atoms with E-state index in [2.05, 4.69) is 20.5 Å². The van der Waals surface area contributed by atoms with Crippen molar-refractivity contribution in [3.8, 4) is 0 Å². The molecule has 1 aromatic carbocycles. The van der Waals surface area contributed by atoms with Gasteiger partial charge in [0.25, 0.3) is 5.56 Å². The van der Waals surface area contributed by atoms with Gasteiger partial charge in [-0.25, -0.2) is 0 Å². The third kappa shape index (κ3) is 3.91. The smallest absolute Gasteiger partial charge is 0.273 e. The number of aromatic amines is 1. The number of carbonyl (C=O) groups excluding carboxylic acids is 1. The molecule has 0 aliphatic rings. The lowest BCUT2D eigenvalue weighted by Gasteiger charge is -2.12. The van der Waals surface area contributed by atoms with Crippen LogP contribution in [0.4, 0.5) is 5.69 Å². The quantitative estimate of drug-likeness (QED) is 0.842. The Bertz CT molecular complexity index is 714. The van der Waals surface area contributed by atoms with Gasteiger partial charge in [0.05, 0.1) is 5.25 Å². The minimum Gasteiger partial charge on any atom is -0.325 e. The topological polar surface area (TPSA) is 87.7 Å². The number of nitrogens with zero attached hydrogens (tertiary/aromatic N) is 2. The Balaban J connectivity index is 2.04. The average Bonchev–Trinajstić information content (AvgIpc) is 2.45. The van der Waals surface area contributed by atoms with Crippen molar-refractivity contribution in [2.24, 2.45) is 0 Å². The Kier molecular flexibility index (Phi) is 4.74. The molecule has 0 spiro atoms. The summed E-state index contributed by atoms with van der Waals surface area (Å²) in [6.45, 7) is 5.25. The van der Waals surface area contributed by atoms with Crippen molar-refractivity contribution < 1.29 is 4.79 Å². The van der Waals surface area contributed by atoms with Crippen LogP contribution in [0.1, 0.15) is 18.2 Å². The first-order valence-corrected chi connectivity index (χ1v) is 7.32. The van der Waals surface area contributed by atoms with Crippen LogP contribution in [0.3, 0.4) is 0 Å². The van der Waals surface area contributed by atoms with Gasteiger partial charge in [0.1, 0.15) is 5.69 Å². The predicted octanol–water partition coefficient (Wildman–Crippen LogP) is 1.90. The number of aryl methyl sites for hydroxylation is 2. The first kappa shape index (κ1) is 15.2. The van der Waals surface area contributed by atoms with Gasteiger partial charge in [-0.1, -0.05) is 30.0 Å². The molecule has 1 aromatic heterocycles. The van der Waals surface area contributed by atoms with E-state index in [0.717, 1.165) is 23.0 Å². The van der Waals surface area contributed by atoms with Crippen LogP contribution in [0.5, 0.6) is 0 Å². The van der Waals surface area contributed by atoms with E-state index < -0.39 is 5.25 Å². The number of nitrogens with one attached hydrogen (secondary N) is 2. The van der Waals surface area contributed by atoms with Crippen LogP contribution in [-0.4, -0.2) is 26.3 Å². The van der Waals surface area contributed by atoms with Crippen LogP contribution in [0.25, 0.3) is 0 Å². The largest absolute Gasteiger partial charge is 0.325 e. The number of H-pyrrole nitrogens is 1. The monoisotopic (exact) mass is 304 g/mol. The molecule has 0 saturated heterocycles. The van der Waals surface area contributed by atoms with Gasteiger partial charge in [-0.3, -0.25) is 14.6 Å². The van der Waals surface area contributed by atoms with Gasteiger partial charge >= 0.3 is 0 Å². The SMILES string of the molecule is Cc1ccccc1NC(=O)C(C)Sc1nnc(C)c(=O)[nH]1. The number of rotatable bonds is 4. The predicted molar refractivity (Wildman–Crippen MR) is 82.5 cm³/mol. The molecule has 0 fully saturated rings. The van der Waals surface area contributed by atoms with Crippen LogP contribution in [-0.2, 0) is 4.79 Å². The van der Waals surface area contributed by atoms with Gasteiger partial charge in [0.2, 0.25) is 5.91 Å². The maximum atomic E-state index is 12.1. The van der Waals surface area contributed by atoms with E-state index in [-0.39, 0.29) is 11.5 Å². The van der Waals surface area contributed by atoms with Crippen molar-refractivity contribution in [2.75, 3.05) is 5.32 Å². The molecule has 2 N–H and O–H groups in total. The van der Waals surface area contributed by atoms with Gasteiger partial charge in [0, 0.05) is 5.69 Å². The molecule has 1 heterocycles. The fourth-order valence-electron chi connectivity index (χ4n) is 1.60. The molecular weight excluding hydrogens is 288 g/mol. The molecule has 6 nitrogen and oxygen atoms in total. The van der Waals surface area contributed by atoms with E-state index in [0.29, 0.717) is 10.9 Å². The Labute approximate surface area is 126 Å². The highest BCUT2D eigenvalue weighted by atomic mass is 32.2. The van der Waals surface area contributed by atoms with Crippen LogP contribution in [0.2, 0.25) is 0 Å². The third-order valence-corrected chi connectivity index (χ3v) is 3.88. The molecule has 21 heavy (non-hydrogen) atoms. The van der Waals surface area contributed by atoms with Crippen molar-refractivity contribution in [2.45, 2.75) is 31.2 Å². The van der Waals surface area contributed by atoms with Crippen molar-refractivity contribution in [1.82, 2.24) is 15.2 Å². The number of thioether (sulfide) groups is 1. The molecule has 7 heteroatoms. The van der Waals surface area contributed by atoms with E-state index in [1.165, 1.54) is 0 Å². The Morgan fingerprint density at radius 1 is 1.29 bits per heavy atom. The van der Waals surface area contributed by atoms with E-state index in [9.17, 15) is 9.59 Å². The number of hydrogen-bond acceptors (Lipinski definition) is 5. The number of amides is 1. The van der Waals surface area contributed by atoms with Crippen molar-refractivity contribution >= 4 is 23.4 Å². The van der Waals surface area contributed by atoms with Gasteiger partial charge in [-0.15, -0.1) is 10.2 Å². The molecule has 0 aliphatic heterocycles. The van der Waals surface area contributed by atoms with Crippen LogP contribution in [0.15, 0.2) is 34.2 Å². The Morgan fingerprint density at radius 2 is 2.00 bits per heavy atom. The second-order valence-corrected chi connectivity index (χ2v) is 5.94. The molecule has 1 atom stereocenters. The zero-order valence-corrected chi connectivity index (χ0v) is 12.8. The van der Waals surface area contributed by atoms with Crippen molar-refractivity contribution in [1.29, 1.82) is 0 Å². The van der Waals surface area contributed by atoms with Gasteiger partial charge in [-0.05, 0) is 32.4 Å². The molecule has 110 valence electrons. The van der Waals surface area contributed by atoms with Gasteiger partial charge < -0.3 is 5.32 Å². The van der Waals surface area contributed by atoms with Crippen LogP contribution in [0, 0.1) is 13.8 Å².